The fourth-order valence-corrected chi connectivity index (χ4v) is 2.20. The van der Waals surface area contributed by atoms with Gasteiger partial charge in [0.1, 0.15) is 0 Å². The predicted octanol–water partition coefficient (Wildman–Crippen LogP) is 4.47. The molecule has 0 aliphatic carbocycles. The summed E-state index contributed by atoms with van der Waals surface area (Å²) in [5.74, 6) is -3.98. The Labute approximate surface area is 115 Å². The third-order valence-electron chi connectivity index (χ3n) is 3.16. The summed E-state index contributed by atoms with van der Waals surface area (Å²) in [4.78, 5) is 10.9. The number of alkyl halides is 2. The van der Waals surface area contributed by atoms with Gasteiger partial charge in [-0.25, -0.2) is 13.6 Å². The summed E-state index contributed by atoms with van der Waals surface area (Å²) in [6, 6.07) is 10.8. The molecule has 1 N–H and O–H groups in total. The van der Waals surface area contributed by atoms with Crippen molar-refractivity contribution in [1.82, 2.24) is 0 Å². The number of carbonyl (C=O) groups is 1. The smallest absolute Gasteiger partial charge is 0.335 e. The molecule has 0 atom stereocenters. The third-order valence-corrected chi connectivity index (χ3v) is 3.16. The van der Waals surface area contributed by atoms with E-state index in [2.05, 4.69) is 0 Å². The molecule has 0 aromatic heterocycles. The van der Waals surface area contributed by atoms with Crippen molar-refractivity contribution in [2.24, 2.45) is 0 Å². The van der Waals surface area contributed by atoms with Crippen LogP contribution in [-0.2, 0) is 5.92 Å². The van der Waals surface area contributed by atoms with Gasteiger partial charge in [0.15, 0.2) is 0 Å². The van der Waals surface area contributed by atoms with Gasteiger partial charge in [-0.05, 0) is 35.7 Å². The first kappa shape index (κ1) is 14.2. The maximum atomic E-state index is 13.6. The zero-order chi connectivity index (χ0) is 14.9. The molecule has 2 rings (SSSR count). The van der Waals surface area contributed by atoms with Crippen molar-refractivity contribution in [3.8, 4) is 11.1 Å². The van der Waals surface area contributed by atoms with Gasteiger partial charge in [0.25, 0.3) is 5.92 Å². The minimum absolute atomic E-state index is 0.0637. The first-order valence-corrected chi connectivity index (χ1v) is 6.12. The molecule has 4 heteroatoms. The summed E-state index contributed by atoms with van der Waals surface area (Å²) in [6.45, 7) is 2.57. The maximum Gasteiger partial charge on any atom is 0.335 e. The molecule has 0 saturated carbocycles. The molecule has 0 aliphatic heterocycles. The van der Waals surface area contributed by atoms with Crippen LogP contribution in [-0.4, -0.2) is 11.1 Å². The van der Waals surface area contributed by atoms with Gasteiger partial charge in [-0.2, -0.15) is 0 Å². The molecule has 2 nitrogen and oxygen atoms in total. The zero-order valence-electron chi connectivity index (χ0n) is 11.2. The van der Waals surface area contributed by atoms with E-state index < -0.39 is 11.9 Å². The minimum Gasteiger partial charge on any atom is -0.478 e. The van der Waals surface area contributed by atoms with Crippen LogP contribution >= 0.6 is 0 Å². The molecule has 0 radical (unpaired) electrons. The molecule has 0 aliphatic rings. The Bertz CT molecular complexity index is 658. The van der Waals surface area contributed by atoms with Crippen LogP contribution < -0.4 is 0 Å². The monoisotopic (exact) mass is 276 g/mol. The van der Waals surface area contributed by atoms with Crippen LogP contribution in [0.4, 0.5) is 8.78 Å². The van der Waals surface area contributed by atoms with E-state index in [1.54, 1.807) is 31.2 Å². The van der Waals surface area contributed by atoms with Crippen LogP contribution in [0.15, 0.2) is 42.5 Å². The molecular weight excluding hydrogens is 262 g/mol. The molecule has 2 aromatic rings. The number of halogens is 2. The van der Waals surface area contributed by atoms with Crippen LogP contribution in [0.3, 0.4) is 0 Å². The highest BCUT2D eigenvalue weighted by atomic mass is 19.3. The van der Waals surface area contributed by atoms with E-state index in [-0.39, 0.29) is 11.1 Å². The van der Waals surface area contributed by atoms with Crippen molar-refractivity contribution in [2.45, 2.75) is 19.8 Å². The molecule has 0 fully saturated rings. The van der Waals surface area contributed by atoms with Gasteiger partial charge in [-0.3, -0.25) is 0 Å². The lowest BCUT2D eigenvalue weighted by Gasteiger charge is -2.17. The van der Waals surface area contributed by atoms with Crippen molar-refractivity contribution in [3.05, 3.63) is 59.2 Å². The van der Waals surface area contributed by atoms with Gasteiger partial charge in [0.2, 0.25) is 0 Å². The summed E-state index contributed by atoms with van der Waals surface area (Å²) in [5, 5.41) is 8.93. The lowest BCUT2D eigenvalue weighted by molar-refractivity contribution is 0.0181. The van der Waals surface area contributed by atoms with E-state index in [1.807, 2.05) is 0 Å². The van der Waals surface area contributed by atoms with Crippen molar-refractivity contribution in [1.29, 1.82) is 0 Å². The summed E-state index contributed by atoms with van der Waals surface area (Å²) in [7, 11) is 0. The number of aryl methyl sites for hydroxylation is 1. The Balaban J connectivity index is 2.61. The highest BCUT2D eigenvalue weighted by Gasteiger charge is 2.28. The Morgan fingerprint density at radius 2 is 1.75 bits per heavy atom. The number of aromatic carboxylic acids is 1. The quantitative estimate of drug-likeness (QED) is 0.897. The van der Waals surface area contributed by atoms with Crippen molar-refractivity contribution in [3.63, 3.8) is 0 Å². The second-order valence-corrected chi connectivity index (χ2v) is 4.77. The van der Waals surface area contributed by atoms with Crippen LogP contribution in [0.25, 0.3) is 11.1 Å². The van der Waals surface area contributed by atoms with E-state index in [9.17, 15) is 13.6 Å². The first-order chi connectivity index (χ1) is 9.30. The van der Waals surface area contributed by atoms with Gasteiger partial charge >= 0.3 is 5.97 Å². The second kappa shape index (κ2) is 5.04. The largest absolute Gasteiger partial charge is 0.478 e. The Kier molecular flexibility index (Phi) is 3.57. The molecule has 0 bridgehead atoms. The fraction of sp³-hybridized carbons (Fsp3) is 0.188. The van der Waals surface area contributed by atoms with E-state index in [0.717, 1.165) is 6.92 Å². The molecule has 0 unspecified atom stereocenters. The predicted molar refractivity (Wildman–Crippen MR) is 73.1 cm³/mol. The summed E-state index contributed by atoms with van der Waals surface area (Å²) in [6.07, 6.45) is 0. The normalized spacial score (nSPS) is 11.4. The Morgan fingerprint density at radius 1 is 1.10 bits per heavy atom. The minimum atomic E-state index is -2.95. The average molecular weight is 276 g/mol. The third kappa shape index (κ3) is 2.69. The van der Waals surface area contributed by atoms with E-state index in [0.29, 0.717) is 16.7 Å². The molecule has 20 heavy (non-hydrogen) atoms. The number of hydrogen-bond acceptors (Lipinski definition) is 1. The first-order valence-electron chi connectivity index (χ1n) is 6.12. The lowest BCUT2D eigenvalue weighted by Crippen LogP contribution is -2.09. The van der Waals surface area contributed by atoms with Crippen LogP contribution in [0, 0.1) is 6.92 Å². The number of carboxylic acid groups (broad SMARTS) is 1. The molecular formula is C16H14F2O2. The fourth-order valence-electron chi connectivity index (χ4n) is 2.20. The number of rotatable bonds is 3. The molecule has 0 heterocycles. The summed E-state index contributed by atoms with van der Waals surface area (Å²) < 4.78 is 27.3. The second-order valence-electron chi connectivity index (χ2n) is 4.77. The van der Waals surface area contributed by atoms with E-state index in [4.69, 9.17) is 5.11 Å². The van der Waals surface area contributed by atoms with Gasteiger partial charge in [0, 0.05) is 12.5 Å². The lowest BCUT2D eigenvalue weighted by atomic mass is 9.92. The topological polar surface area (TPSA) is 37.3 Å². The molecule has 2 aromatic carbocycles. The SMILES string of the molecule is Cc1cc(C(=O)O)ccc1-c1ccccc1C(C)(F)F. The van der Waals surface area contributed by atoms with Crippen LogP contribution in [0.2, 0.25) is 0 Å². The standard InChI is InChI=1S/C16H14F2O2/c1-10-9-11(15(19)20)7-8-12(10)13-5-3-4-6-14(13)16(2,17)18/h3-9H,1-2H3,(H,19,20). The van der Waals surface area contributed by atoms with Crippen LogP contribution in [0.1, 0.15) is 28.4 Å². The Morgan fingerprint density at radius 3 is 2.30 bits per heavy atom. The van der Waals surface area contributed by atoms with Crippen molar-refractivity contribution < 1.29 is 18.7 Å². The zero-order valence-corrected chi connectivity index (χ0v) is 11.2. The highest BCUT2D eigenvalue weighted by molar-refractivity contribution is 5.89. The molecule has 0 spiro atoms. The summed E-state index contributed by atoms with van der Waals surface area (Å²) >= 11 is 0. The maximum absolute atomic E-state index is 13.6. The Hall–Kier alpha value is -2.23. The number of benzene rings is 2. The molecule has 0 saturated heterocycles. The van der Waals surface area contributed by atoms with Gasteiger partial charge in [0.05, 0.1) is 5.56 Å². The van der Waals surface area contributed by atoms with E-state index in [1.165, 1.54) is 18.2 Å². The molecule has 0 amide bonds. The molecule has 104 valence electrons. The highest BCUT2D eigenvalue weighted by Crippen LogP contribution is 2.36. The average Bonchev–Trinajstić information content (AvgIpc) is 2.37. The number of carboxylic acids is 1. The number of hydrogen-bond donors (Lipinski definition) is 1. The van der Waals surface area contributed by atoms with Gasteiger partial charge in [-0.1, -0.05) is 30.3 Å². The van der Waals surface area contributed by atoms with Gasteiger partial charge in [-0.15, -0.1) is 0 Å². The van der Waals surface area contributed by atoms with Gasteiger partial charge < -0.3 is 5.11 Å². The van der Waals surface area contributed by atoms with E-state index >= 15 is 0 Å². The van der Waals surface area contributed by atoms with Crippen molar-refractivity contribution in [2.75, 3.05) is 0 Å². The van der Waals surface area contributed by atoms with Crippen molar-refractivity contribution >= 4 is 5.97 Å². The van der Waals surface area contributed by atoms with Crippen LogP contribution in [0.5, 0.6) is 0 Å². The summed E-state index contributed by atoms with van der Waals surface area (Å²) in [5.41, 5.74) is 1.78.